The summed E-state index contributed by atoms with van der Waals surface area (Å²) in [5.74, 6) is 0.647. The van der Waals surface area contributed by atoms with Crippen molar-refractivity contribution >= 4 is 5.91 Å². The lowest BCUT2D eigenvalue weighted by Crippen LogP contribution is -2.53. The molecule has 3 heteroatoms. The van der Waals surface area contributed by atoms with Gasteiger partial charge in [0, 0.05) is 31.6 Å². The Hall–Kier alpha value is -0.570. The number of carbonyl (C=O) groups excluding carboxylic acids is 1. The van der Waals surface area contributed by atoms with Crippen LogP contribution in [0.2, 0.25) is 0 Å². The minimum atomic E-state index is 0.260. The first-order chi connectivity index (χ1) is 7.70. The summed E-state index contributed by atoms with van der Waals surface area (Å²) in [7, 11) is 0. The fourth-order valence-corrected chi connectivity index (χ4v) is 2.49. The van der Waals surface area contributed by atoms with Crippen LogP contribution in [-0.4, -0.2) is 36.5 Å². The van der Waals surface area contributed by atoms with Gasteiger partial charge in [0.2, 0.25) is 5.91 Å². The lowest BCUT2D eigenvalue weighted by molar-refractivity contribution is -0.138. The number of nitrogens with one attached hydrogen (secondary N) is 1. The molecule has 1 rings (SSSR count). The van der Waals surface area contributed by atoms with Gasteiger partial charge >= 0.3 is 0 Å². The summed E-state index contributed by atoms with van der Waals surface area (Å²) in [5.41, 5.74) is 0. The van der Waals surface area contributed by atoms with Crippen molar-refractivity contribution < 1.29 is 4.79 Å². The molecule has 0 saturated carbocycles. The third-order valence-corrected chi connectivity index (χ3v) is 3.41. The normalized spacial score (nSPS) is 21.5. The molecular weight excluding hydrogens is 200 g/mol. The van der Waals surface area contributed by atoms with Crippen LogP contribution in [-0.2, 0) is 4.79 Å². The van der Waals surface area contributed by atoms with E-state index in [0.717, 1.165) is 45.3 Å². The van der Waals surface area contributed by atoms with Gasteiger partial charge in [0.1, 0.15) is 0 Å². The van der Waals surface area contributed by atoms with E-state index in [-0.39, 0.29) is 5.92 Å². The lowest BCUT2D eigenvalue weighted by atomic mass is 9.95. The summed E-state index contributed by atoms with van der Waals surface area (Å²) in [4.78, 5) is 14.5. The van der Waals surface area contributed by atoms with Gasteiger partial charge in [-0.05, 0) is 19.8 Å². The van der Waals surface area contributed by atoms with Crippen molar-refractivity contribution in [1.82, 2.24) is 10.2 Å². The molecular formula is C13H26N2O. The lowest BCUT2D eigenvalue weighted by Gasteiger charge is -2.36. The number of nitrogens with zero attached hydrogens (tertiary/aromatic N) is 1. The highest BCUT2D eigenvalue weighted by Crippen LogP contribution is 2.18. The van der Waals surface area contributed by atoms with Gasteiger partial charge in [0.25, 0.3) is 0 Å². The van der Waals surface area contributed by atoms with Crippen LogP contribution in [0.1, 0.15) is 46.5 Å². The molecule has 0 unspecified atom stereocenters. The number of amides is 1. The van der Waals surface area contributed by atoms with Crippen LogP contribution in [0.4, 0.5) is 0 Å². The van der Waals surface area contributed by atoms with Crippen LogP contribution in [0.5, 0.6) is 0 Å². The van der Waals surface area contributed by atoms with Crippen molar-refractivity contribution in [2.45, 2.75) is 52.5 Å². The molecule has 1 aliphatic heterocycles. The molecule has 3 nitrogen and oxygen atoms in total. The Balaban J connectivity index is 2.57. The number of carbonyl (C=O) groups is 1. The third kappa shape index (κ3) is 3.48. The first-order valence-electron chi connectivity index (χ1n) is 6.71. The van der Waals surface area contributed by atoms with Crippen molar-refractivity contribution in [3.8, 4) is 0 Å². The van der Waals surface area contributed by atoms with Gasteiger partial charge in [0.05, 0.1) is 0 Å². The SMILES string of the molecule is CCCC(CCC)C(=O)N1CCNC[C@H]1C. The Morgan fingerprint density at radius 2 is 2.00 bits per heavy atom. The van der Waals surface area contributed by atoms with E-state index in [2.05, 4.69) is 31.0 Å². The second-order valence-electron chi connectivity index (χ2n) is 4.86. The highest BCUT2D eigenvalue weighted by Gasteiger charge is 2.27. The van der Waals surface area contributed by atoms with E-state index in [1.807, 2.05) is 0 Å². The first-order valence-corrected chi connectivity index (χ1v) is 6.71. The van der Waals surface area contributed by atoms with Gasteiger partial charge in [0.15, 0.2) is 0 Å². The van der Waals surface area contributed by atoms with Crippen molar-refractivity contribution in [3.63, 3.8) is 0 Å². The van der Waals surface area contributed by atoms with E-state index >= 15 is 0 Å². The fraction of sp³-hybridized carbons (Fsp3) is 0.923. The molecule has 1 heterocycles. The highest BCUT2D eigenvalue weighted by molar-refractivity contribution is 5.79. The van der Waals surface area contributed by atoms with Gasteiger partial charge in [-0.15, -0.1) is 0 Å². The van der Waals surface area contributed by atoms with Gasteiger partial charge in [-0.3, -0.25) is 4.79 Å². The Labute approximate surface area is 99.6 Å². The van der Waals surface area contributed by atoms with Gasteiger partial charge in [-0.25, -0.2) is 0 Å². The Bertz CT molecular complexity index is 212. The molecule has 0 aromatic heterocycles. The molecule has 94 valence electrons. The maximum absolute atomic E-state index is 12.4. The van der Waals surface area contributed by atoms with E-state index in [0.29, 0.717) is 11.9 Å². The van der Waals surface area contributed by atoms with E-state index in [9.17, 15) is 4.79 Å². The average molecular weight is 226 g/mol. The van der Waals surface area contributed by atoms with Crippen LogP contribution in [0.15, 0.2) is 0 Å². The van der Waals surface area contributed by atoms with Crippen LogP contribution < -0.4 is 5.32 Å². The van der Waals surface area contributed by atoms with Gasteiger partial charge in [-0.2, -0.15) is 0 Å². The maximum atomic E-state index is 12.4. The summed E-state index contributed by atoms with van der Waals surface area (Å²) >= 11 is 0. The molecule has 0 radical (unpaired) electrons. The topological polar surface area (TPSA) is 32.3 Å². The Morgan fingerprint density at radius 3 is 2.50 bits per heavy atom. The number of piperazine rings is 1. The fourth-order valence-electron chi connectivity index (χ4n) is 2.49. The minimum Gasteiger partial charge on any atom is -0.337 e. The monoisotopic (exact) mass is 226 g/mol. The third-order valence-electron chi connectivity index (χ3n) is 3.41. The zero-order valence-corrected chi connectivity index (χ0v) is 11.0. The zero-order chi connectivity index (χ0) is 12.0. The molecule has 0 aromatic rings. The van der Waals surface area contributed by atoms with E-state index in [4.69, 9.17) is 0 Å². The standard InChI is InChI=1S/C13H26N2O/c1-4-6-12(7-5-2)13(16)15-9-8-14-10-11(15)3/h11-12,14H,4-10H2,1-3H3/t11-/m1/s1. The number of rotatable bonds is 5. The second-order valence-corrected chi connectivity index (χ2v) is 4.86. The summed E-state index contributed by atoms with van der Waals surface area (Å²) < 4.78 is 0. The van der Waals surface area contributed by atoms with Crippen molar-refractivity contribution in [2.24, 2.45) is 5.92 Å². The van der Waals surface area contributed by atoms with Crippen LogP contribution in [0.3, 0.4) is 0 Å². The molecule has 0 aliphatic carbocycles. The van der Waals surface area contributed by atoms with Crippen molar-refractivity contribution in [3.05, 3.63) is 0 Å². The van der Waals surface area contributed by atoms with Crippen molar-refractivity contribution in [1.29, 1.82) is 0 Å². The quantitative estimate of drug-likeness (QED) is 0.778. The predicted octanol–water partition coefficient (Wildman–Crippen LogP) is 2.02. The van der Waals surface area contributed by atoms with Gasteiger partial charge in [-0.1, -0.05) is 26.7 Å². The molecule has 1 N–H and O–H groups in total. The number of hydrogen-bond acceptors (Lipinski definition) is 2. The van der Waals surface area contributed by atoms with E-state index in [1.54, 1.807) is 0 Å². The Kier molecular flexibility index (Phi) is 5.81. The predicted molar refractivity (Wildman–Crippen MR) is 67.4 cm³/mol. The van der Waals surface area contributed by atoms with Crippen LogP contribution in [0.25, 0.3) is 0 Å². The molecule has 1 atom stereocenters. The first kappa shape index (κ1) is 13.5. The zero-order valence-electron chi connectivity index (χ0n) is 11.0. The molecule has 0 spiro atoms. The van der Waals surface area contributed by atoms with Crippen LogP contribution >= 0.6 is 0 Å². The van der Waals surface area contributed by atoms with Crippen molar-refractivity contribution in [2.75, 3.05) is 19.6 Å². The average Bonchev–Trinajstić information content (AvgIpc) is 2.28. The minimum absolute atomic E-state index is 0.260. The molecule has 1 amide bonds. The molecule has 1 fully saturated rings. The molecule has 0 bridgehead atoms. The summed E-state index contributed by atoms with van der Waals surface area (Å²) in [6.45, 7) is 9.23. The Morgan fingerprint density at radius 1 is 1.38 bits per heavy atom. The molecule has 0 aromatic carbocycles. The summed E-state index contributed by atoms with van der Waals surface area (Å²) in [5, 5.41) is 3.33. The molecule has 16 heavy (non-hydrogen) atoms. The summed E-state index contributed by atoms with van der Waals surface area (Å²) in [6.07, 6.45) is 4.31. The molecule has 1 aliphatic rings. The number of hydrogen-bond donors (Lipinski definition) is 1. The van der Waals surface area contributed by atoms with Crippen LogP contribution in [0, 0.1) is 5.92 Å². The second kappa shape index (κ2) is 6.89. The van der Waals surface area contributed by atoms with Gasteiger partial charge < -0.3 is 10.2 Å². The smallest absolute Gasteiger partial charge is 0.226 e. The van der Waals surface area contributed by atoms with E-state index in [1.165, 1.54) is 0 Å². The maximum Gasteiger partial charge on any atom is 0.226 e. The molecule has 1 saturated heterocycles. The van der Waals surface area contributed by atoms with E-state index < -0.39 is 0 Å². The highest BCUT2D eigenvalue weighted by atomic mass is 16.2. The largest absolute Gasteiger partial charge is 0.337 e. The summed E-state index contributed by atoms with van der Waals surface area (Å²) in [6, 6.07) is 0.359.